The van der Waals surface area contributed by atoms with Crippen LogP contribution in [0.1, 0.15) is 62.8 Å². The minimum absolute atomic E-state index is 0.00463. The summed E-state index contributed by atoms with van der Waals surface area (Å²) in [6, 6.07) is 18.3. The van der Waals surface area contributed by atoms with E-state index in [1.54, 1.807) is 69.3 Å². The number of alkyl halides is 3. The molecule has 1 amide bonds. The lowest BCUT2D eigenvalue weighted by Crippen LogP contribution is -2.52. The van der Waals surface area contributed by atoms with E-state index < -0.39 is 41.2 Å². The van der Waals surface area contributed by atoms with Gasteiger partial charge in [0.05, 0.1) is 6.61 Å². The third-order valence-corrected chi connectivity index (χ3v) is 7.18. The Bertz CT molecular complexity index is 1710. The topological polar surface area (TPSA) is 176 Å². The molecule has 0 spiro atoms. The molecule has 0 saturated carbocycles. The Morgan fingerprint density at radius 2 is 1.72 bits per heavy atom. The Morgan fingerprint density at radius 3 is 2.36 bits per heavy atom. The molecule has 0 aromatic heterocycles. The van der Waals surface area contributed by atoms with Crippen molar-refractivity contribution in [3.63, 3.8) is 0 Å². The van der Waals surface area contributed by atoms with Gasteiger partial charge in [0.1, 0.15) is 17.1 Å². The number of hydrazine groups is 1. The van der Waals surface area contributed by atoms with Crippen LogP contribution >= 0.6 is 0 Å². The van der Waals surface area contributed by atoms with Crippen LogP contribution in [-0.2, 0) is 25.6 Å². The molecule has 3 aromatic rings. The number of hydrogen-bond donors (Lipinski definition) is 3. The zero-order valence-corrected chi connectivity index (χ0v) is 27.6. The van der Waals surface area contributed by atoms with Crippen molar-refractivity contribution < 1.29 is 46.8 Å². The third-order valence-electron chi connectivity index (χ3n) is 7.18. The zero-order valence-electron chi connectivity index (χ0n) is 27.6. The standard InChI is InChI=1S/C34H37F3N6O7/c1-32(2,3)50-28(45)17-18-33(31(46)42-39-21-22-9-13-25(14-10-22)49-34(35,36)37)29(26-7-4-5-8-27(26)41-43-38)48-30(40-33)23-11-15-24(16-12-23)47-20-6-19-44/h4-5,7-16,29,39,44H,6,17-21H2,1-3H3,(H,42,46)/t29-,33-/m0/s1. The predicted molar refractivity (Wildman–Crippen MR) is 175 cm³/mol. The van der Waals surface area contributed by atoms with Crippen LogP contribution in [0.2, 0.25) is 0 Å². The Hall–Kier alpha value is -5.31. The number of aliphatic hydroxyl groups is 1. The molecule has 50 heavy (non-hydrogen) atoms. The van der Waals surface area contributed by atoms with Gasteiger partial charge in [-0.1, -0.05) is 41.5 Å². The second-order valence-corrected chi connectivity index (χ2v) is 12.1. The molecule has 0 radical (unpaired) electrons. The van der Waals surface area contributed by atoms with Crippen LogP contribution in [0.4, 0.5) is 18.9 Å². The molecule has 0 aliphatic carbocycles. The number of aliphatic imine (C=N–C) groups is 1. The first kappa shape index (κ1) is 37.5. The van der Waals surface area contributed by atoms with Crippen LogP contribution in [0.25, 0.3) is 10.4 Å². The number of nitrogens with zero attached hydrogens (tertiary/aromatic N) is 4. The second-order valence-electron chi connectivity index (χ2n) is 12.1. The molecule has 3 aromatic carbocycles. The van der Waals surface area contributed by atoms with E-state index in [2.05, 4.69) is 25.6 Å². The van der Waals surface area contributed by atoms with E-state index in [1.165, 1.54) is 12.1 Å². The van der Waals surface area contributed by atoms with Crippen molar-refractivity contribution in [3.8, 4) is 11.5 Å². The molecule has 2 atom stereocenters. The molecule has 1 aliphatic rings. The molecule has 266 valence electrons. The lowest BCUT2D eigenvalue weighted by Gasteiger charge is -2.31. The molecular formula is C34H37F3N6O7. The summed E-state index contributed by atoms with van der Waals surface area (Å²) in [5.41, 5.74) is 13.6. The van der Waals surface area contributed by atoms with Gasteiger partial charge in [-0.2, -0.15) is 0 Å². The van der Waals surface area contributed by atoms with Crippen molar-refractivity contribution in [1.29, 1.82) is 0 Å². The summed E-state index contributed by atoms with van der Waals surface area (Å²) in [4.78, 5) is 35.0. The van der Waals surface area contributed by atoms with Crippen molar-refractivity contribution in [2.24, 2.45) is 10.1 Å². The molecule has 0 unspecified atom stereocenters. The van der Waals surface area contributed by atoms with E-state index in [9.17, 15) is 28.3 Å². The van der Waals surface area contributed by atoms with Crippen molar-refractivity contribution in [2.45, 2.75) is 70.2 Å². The van der Waals surface area contributed by atoms with Crippen LogP contribution in [0.15, 0.2) is 82.9 Å². The molecule has 13 nitrogen and oxygen atoms in total. The number of nitrogens with one attached hydrogen (secondary N) is 2. The van der Waals surface area contributed by atoms with E-state index in [1.807, 2.05) is 0 Å². The van der Waals surface area contributed by atoms with Gasteiger partial charge in [-0.05, 0) is 74.7 Å². The number of azide groups is 1. The monoisotopic (exact) mass is 698 g/mol. The van der Waals surface area contributed by atoms with Crippen molar-refractivity contribution >= 4 is 23.5 Å². The average Bonchev–Trinajstić information content (AvgIpc) is 3.45. The van der Waals surface area contributed by atoms with Gasteiger partial charge in [0, 0.05) is 47.7 Å². The summed E-state index contributed by atoms with van der Waals surface area (Å²) in [7, 11) is 0. The predicted octanol–water partition coefficient (Wildman–Crippen LogP) is 6.49. The highest BCUT2D eigenvalue weighted by atomic mass is 19.4. The maximum absolute atomic E-state index is 14.3. The van der Waals surface area contributed by atoms with Crippen LogP contribution in [0.5, 0.6) is 11.5 Å². The summed E-state index contributed by atoms with van der Waals surface area (Å²) in [5.74, 6) is -1.11. The number of aliphatic hydroxyl groups excluding tert-OH is 1. The molecule has 1 aliphatic heterocycles. The van der Waals surface area contributed by atoms with Gasteiger partial charge < -0.3 is 24.1 Å². The van der Waals surface area contributed by atoms with E-state index in [-0.39, 0.29) is 37.6 Å². The summed E-state index contributed by atoms with van der Waals surface area (Å²) in [6.07, 6.45) is -6.02. The Morgan fingerprint density at radius 1 is 1.04 bits per heavy atom. The average molecular weight is 699 g/mol. The Kier molecular flexibility index (Phi) is 12.3. The first-order valence-corrected chi connectivity index (χ1v) is 15.6. The third kappa shape index (κ3) is 10.3. The number of rotatable bonds is 15. The summed E-state index contributed by atoms with van der Waals surface area (Å²) in [5, 5.41) is 12.8. The first-order valence-electron chi connectivity index (χ1n) is 15.6. The van der Waals surface area contributed by atoms with Gasteiger partial charge in [0.15, 0.2) is 11.6 Å². The van der Waals surface area contributed by atoms with Gasteiger partial charge in [-0.15, -0.1) is 13.2 Å². The highest BCUT2D eigenvalue weighted by Crippen LogP contribution is 2.46. The molecule has 4 rings (SSSR count). The fourth-order valence-corrected chi connectivity index (χ4v) is 5.02. The molecule has 3 N–H and O–H groups in total. The maximum Gasteiger partial charge on any atom is 0.573 e. The Balaban J connectivity index is 1.69. The lowest BCUT2D eigenvalue weighted by atomic mass is 9.83. The number of halogens is 3. The van der Waals surface area contributed by atoms with Gasteiger partial charge in [-0.25, -0.2) is 10.4 Å². The van der Waals surface area contributed by atoms with Gasteiger partial charge in [0.25, 0.3) is 5.91 Å². The minimum Gasteiger partial charge on any atom is -0.494 e. The summed E-state index contributed by atoms with van der Waals surface area (Å²) >= 11 is 0. The second kappa shape index (κ2) is 16.4. The fourth-order valence-electron chi connectivity index (χ4n) is 5.02. The normalized spacial score (nSPS) is 17.2. The van der Waals surface area contributed by atoms with Crippen molar-refractivity contribution in [3.05, 3.63) is 99.9 Å². The number of hydrogen-bond acceptors (Lipinski definition) is 10. The molecule has 0 fully saturated rings. The number of benzene rings is 3. The Labute approximate surface area is 286 Å². The van der Waals surface area contributed by atoms with Crippen molar-refractivity contribution in [1.82, 2.24) is 10.9 Å². The van der Waals surface area contributed by atoms with Crippen LogP contribution < -0.4 is 20.3 Å². The lowest BCUT2D eigenvalue weighted by molar-refractivity contribution is -0.274. The number of carbonyl (C=O) groups excluding carboxylic acids is 2. The molecule has 0 saturated heterocycles. The quantitative estimate of drug-likeness (QED) is 0.0403. The fraction of sp³-hybridized carbons (Fsp3) is 0.382. The number of ether oxygens (including phenoxy) is 4. The van der Waals surface area contributed by atoms with Crippen LogP contribution in [0.3, 0.4) is 0 Å². The largest absolute Gasteiger partial charge is 0.573 e. The van der Waals surface area contributed by atoms with Gasteiger partial charge in [0.2, 0.25) is 5.90 Å². The summed E-state index contributed by atoms with van der Waals surface area (Å²) in [6.45, 7) is 5.42. The number of carbonyl (C=O) groups is 2. The molecule has 16 heteroatoms. The maximum atomic E-state index is 14.3. The SMILES string of the molecule is CC(C)(C)OC(=O)CC[C@]1(C(=O)NNCc2ccc(OC(F)(F)F)cc2)N=C(c2ccc(OCCCO)cc2)O[C@H]1c1ccccc1N=[N+]=[N-]. The van der Waals surface area contributed by atoms with Crippen molar-refractivity contribution in [2.75, 3.05) is 13.2 Å². The number of amides is 1. The smallest absolute Gasteiger partial charge is 0.494 e. The van der Waals surface area contributed by atoms with Gasteiger partial charge in [-0.3, -0.25) is 15.0 Å². The molecular weight excluding hydrogens is 661 g/mol. The first-order chi connectivity index (χ1) is 23.7. The van der Waals surface area contributed by atoms with E-state index in [0.29, 0.717) is 35.5 Å². The van der Waals surface area contributed by atoms with Crippen LogP contribution in [-0.4, -0.2) is 53.6 Å². The highest BCUT2D eigenvalue weighted by molar-refractivity contribution is 6.01. The zero-order chi connectivity index (χ0) is 36.4. The molecule has 0 bridgehead atoms. The van der Waals surface area contributed by atoms with Gasteiger partial charge >= 0.3 is 12.3 Å². The van der Waals surface area contributed by atoms with E-state index in [4.69, 9.17) is 24.3 Å². The van der Waals surface area contributed by atoms with E-state index in [0.717, 1.165) is 12.1 Å². The van der Waals surface area contributed by atoms with Crippen LogP contribution in [0, 0.1) is 0 Å². The summed E-state index contributed by atoms with van der Waals surface area (Å²) < 4.78 is 59.2. The molecule has 1 heterocycles. The minimum atomic E-state index is -4.84. The number of esters is 1. The van der Waals surface area contributed by atoms with E-state index >= 15 is 0 Å². The highest BCUT2D eigenvalue weighted by Gasteiger charge is 2.54.